The van der Waals surface area contributed by atoms with E-state index in [1.54, 1.807) is 11.0 Å². The molecule has 2 heterocycles. The fourth-order valence-corrected chi connectivity index (χ4v) is 4.44. The van der Waals surface area contributed by atoms with Crippen molar-refractivity contribution >= 4 is 44.2 Å². The highest BCUT2D eigenvalue weighted by atomic mass is 79.9. The number of hydrogen-bond acceptors (Lipinski definition) is 5. The van der Waals surface area contributed by atoms with Gasteiger partial charge in [-0.25, -0.2) is 0 Å². The molecule has 1 fully saturated rings. The van der Waals surface area contributed by atoms with E-state index < -0.39 is 6.04 Å². The van der Waals surface area contributed by atoms with Gasteiger partial charge in [0.2, 0.25) is 11.0 Å². The molecule has 148 valence electrons. The fourth-order valence-electron chi connectivity index (χ4n) is 3.42. The fraction of sp³-hybridized carbons (Fsp3) is 0.238. The van der Waals surface area contributed by atoms with Crippen LogP contribution < -0.4 is 5.32 Å². The summed E-state index contributed by atoms with van der Waals surface area (Å²) >= 11 is 4.72. The molecule has 1 aliphatic rings. The van der Waals surface area contributed by atoms with E-state index in [4.69, 9.17) is 0 Å². The van der Waals surface area contributed by atoms with E-state index in [1.165, 1.54) is 11.3 Å². The Morgan fingerprint density at radius 1 is 1.14 bits per heavy atom. The van der Waals surface area contributed by atoms with Crippen LogP contribution in [0.2, 0.25) is 0 Å². The SMILES string of the molecule is Cc1ccccc1C(=O)N1CCCC1C(=O)Nc1nnc(-c2ccc(Br)cc2)s1. The molecule has 29 heavy (non-hydrogen) atoms. The van der Waals surface area contributed by atoms with Crippen LogP contribution in [-0.2, 0) is 4.79 Å². The summed E-state index contributed by atoms with van der Waals surface area (Å²) in [5.41, 5.74) is 2.48. The van der Waals surface area contributed by atoms with Crippen LogP contribution in [0, 0.1) is 6.92 Å². The first-order valence-corrected chi connectivity index (χ1v) is 10.9. The lowest BCUT2D eigenvalue weighted by molar-refractivity contribution is -0.119. The van der Waals surface area contributed by atoms with Crippen LogP contribution in [0.1, 0.15) is 28.8 Å². The van der Waals surface area contributed by atoms with Gasteiger partial charge >= 0.3 is 0 Å². The predicted molar refractivity (Wildman–Crippen MR) is 117 cm³/mol. The number of carbonyl (C=O) groups excluding carboxylic acids is 2. The normalized spacial score (nSPS) is 16.1. The molecule has 1 aromatic heterocycles. The van der Waals surface area contributed by atoms with Crippen molar-refractivity contribution < 1.29 is 9.59 Å². The van der Waals surface area contributed by atoms with Gasteiger partial charge in [0.1, 0.15) is 11.0 Å². The van der Waals surface area contributed by atoms with Crippen LogP contribution >= 0.6 is 27.3 Å². The maximum absolute atomic E-state index is 13.0. The van der Waals surface area contributed by atoms with Gasteiger partial charge in [0.05, 0.1) is 0 Å². The number of halogens is 1. The Morgan fingerprint density at radius 3 is 2.66 bits per heavy atom. The Kier molecular flexibility index (Phi) is 5.73. The monoisotopic (exact) mass is 470 g/mol. The first-order valence-electron chi connectivity index (χ1n) is 9.30. The van der Waals surface area contributed by atoms with Crippen molar-refractivity contribution in [2.75, 3.05) is 11.9 Å². The van der Waals surface area contributed by atoms with Crippen LogP contribution in [-0.4, -0.2) is 39.5 Å². The number of anilines is 1. The molecular formula is C21H19BrN4O2S. The summed E-state index contributed by atoms with van der Waals surface area (Å²) in [7, 11) is 0. The maximum atomic E-state index is 13.0. The second-order valence-corrected chi connectivity index (χ2v) is 8.77. The third-order valence-corrected chi connectivity index (χ3v) is 6.35. The molecule has 8 heteroatoms. The van der Waals surface area contributed by atoms with Crippen LogP contribution in [0.3, 0.4) is 0 Å². The molecule has 1 unspecified atom stereocenters. The molecule has 6 nitrogen and oxygen atoms in total. The molecule has 0 bridgehead atoms. The minimum Gasteiger partial charge on any atom is -0.327 e. The number of aromatic nitrogens is 2. The summed E-state index contributed by atoms with van der Waals surface area (Å²) in [6.07, 6.45) is 1.44. The van der Waals surface area contributed by atoms with Crippen molar-refractivity contribution in [1.29, 1.82) is 0 Å². The second kappa shape index (κ2) is 8.42. The van der Waals surface area contributed by atoms with Gasteiger partial charge in [-0.05, 0) is 43.5 Å². The maximum Gasteiger partial charge on any atom is 0.254 e. The molecule has 3 aromatic rings. The zero-order valence-corrected chi connectivity index (χ0v) is 18.2. The van der Waals surface area contributed by atoms with E-state index in [2.05, 4.69) is 31.4 Å². The van der Waals surface area contributed by atoms with Gasteiger partial charge in [0.25, 0.3) is 5.91 Å². The van der Waals surface area contributed by atoms with Gasteiger partial charge < -0.3 is 4.90 Å². The Morgan fingerprint density at radius 2 is 1.90 bits per heavy atom. The molecule has 1 aliphatic heterocycles. The van der Waals surface area contributed by atoms with Crippen LogP contribution in [0.5, 0.6) is 0 Å². The molecule has 1 N–H and O–H groups in total. The van der Waals surface area contributed by atoms with Gasteiger partial charge in [-0.15, -0.1) is 10.2 Å². The average Bonchev–Trinajstić information content (AvgIpc) is 3.38. The Labute approximate surface area is 181 Å². The van der Waals surface area contributed by atoms with Crippen molar-refractivity contribution in [2.45, 2.75) is 25.8 Å². The number of nitrogens with one attached hydrogen (secondary N) is 1. The summed E-state index contributed by atoms with van der Waals surface area (Å²) in [5, 5.41) is 12.3. The van der Waals surface area contributed by atoms with Crippen molar-refractivity contribution in [2.24, 2.45) is 0 Å². The molecule has 1 atom stereocenters. The lowest BCUT2D eigenvalue weighted by Crippen LogP contribution is -2.43. The smallest absolute Gasteiger partial charge is 0.254 e. The highest BCUT2D eigenvalue weighted by Gasteiger charge is 2.35. The Hall–Kier alpha value is -2.58. The number of hydrogen-bond donors (Lipinski definition) is 1. The summed E-state index contributed by atoms with van der Waals surface area (Å²) in [6, 6.07) is 14.7. The van der Waals surface area contributed by atoms with Crippen molar-refractivity contribution in [3.05, 3.63) is 64.1 Å². The molecule has 0 spiro atoms. The number of aryl methyl sites for hydroxylation is 1. The molecule has 4 rings (SSSR count). The molecule has 2 aromatic carbocycles. The van der Waals surface area contributed by atoms with Crippen LogP contribution in [0.25, 0.3) is 10.6 Å². The Bertz CT molecular complexity index is 1050. The minimum absolute atomic E-state index is 0.103. The minimum atomic E-state index is -0.498. The van der Waals surface area contributed by atoms with Gasteiger partial charge in [0, 0.05) is 22.1 Å². The molecular weight excluding hydrogens is 452 g/mol. The molecule has 0 radical (unpaired) electrons. The van der Waals surface area contributed by atoms with E-state index >= 15 is 0 Å². The molecule has 2 amide bonds. The van der Waals surface area contributed by atoms with E-state index in [0.717, 1.165) is 27.0 Å². The Balaban J connectivity index is 1.47. The van der Waals surface area contributed by atoms with Crippen molar-refractivity contribution in [3.8, 4) is 10.6 Å². The number of nitrogens with zero attached hydrogens (tertiary/aromatic N) is 3. The lowest BCUT2D eigenvalue weighted by atomic mass is 10.1. The highest BCUT2D eigenvalue weighted by Crippen LogP contribution is 2.28. The van der Waals surface area contributed by atoms with E-state index in [0.29, 0.717) is 23.7 Å². The third kappa shape index (κ3) is 4.23. The highest BCUT2D eigenvalue weighted by molar-refractivity contribution is 9.10. The summed E-state index contributed by atoms with van der Waals surface area (Å²) in [4.78, 5) is 27.5. The largest absolute Gasteiger partial charge is 0.327 e. The van der Waals surface area contributed by atoms with Gasteiger partial charge in [0.15, 0.2) is 0 Å². The summed E-state index contributed by atoms with van der Waals surface area (Å²) in [6.45, 7) is 2.48. The first kappa shape index (κ1) is 19.7. The number of benzene rings is 2. The summed E-state index contributed by atoms with van der Waals surface area (Å²) < 4.78 is 0.985. The van der Waals surface area contributed by atoms with Crippen molar-refractivity contribution in [3.63, 3.8) is 0 Å². The van der Waals surface area contributed by atoms with Gasteiger partial charge in [-0.3, -0.25) is 14.9 Å². The number of amides is 2. The average molecular weight is 471 g/mol. The van der Waals surface area contributed by atoms with E-state index in [-0.39, 0.29) is 11.8 Å². The topological polar surface area (TPSA) is 75.2 Å². The standard InChI is InChI=1S/C21H19BrN4O2S/c1-13-5-2-3-6-16(13)20(28)26-12-4-7-17(26)18(27)23-21-25-24-19(29-21)14-8-10-15(22)11-9-14/h2-3,5-6,8-11,17H,4,7,12H2,1H3,(H,23,25,27). The summed E-state index contributed by atoms with van der Waals surface area (Å²) in [5.74, 6) is -0.323. The van der Waals surface area contributed by atoms with Crippen molar-refractivity contribution in [1.82, 2.24) is 15.1 Å². The first-order chi connectivity index (χ1) is 14.0. The van der Waals surface area contributed by atoms with Gasteiger partial charge in [-0.2, -0.15) is 0 Å². The van der Waals surface area contributed by atoms with E-state index in [1.807, 2.05) is 49.4 Å². The van der Waals surface area contributed by atoms with E-state index in [9.17, 15) is 9.59 Å². The number of likely N-dealkylation sites (tertiary alicyclic amines) is 1. The third-order valence-electron chi connectivity index (χ3n) is 4.94. The predicted octanol–water partition coefficient (Wildman–Crippen LogP) is 4.52. The van der Waals surface area contributed by atoms with Crippen LogP contribution in [0.4, 0.5) is 5.13 Å². The molecule has 0 saturated carbocycles. The van der Waals surface area contributed by atoms with Crippen LogP contribution in [0.15, 0.2) is 53.0 Å². The quantitative estimate of drug-likeness (QED) is 0.607. The molecule has 1 saturated heterocycles. The molecule has 0 aliphatic carbocycles. The second-order valence-electron chi connectivity index (χ2n) is 6.88. The number of carbonyl (C=O) groups is 2. The van der Waals surface area contributed by atoms with Gasteiger partial charge in [-0.1, -0.05) is 57.6 Å². The zero-order chi connectivity index (χ0) is 20.4. The number of rotatable bonds is 4. The zero-order valence-electron chi connectivity index (χ0n) is 15.8. The lowest BCUT2D eigenvalue weighted by Gasteiger charge is -2.24.